The van der Waals surface area contributed by atoms with Gasteiger partial charge in [-0.3, -0.25) is 14.4 Å². The fraction of sp³-hybridized carbons (Fsp3) is 0.357. The van der Waals surface area contributed by atoms with Crippen molar-refractivity contribution < 1.29 is 14.4 Å². The third-order valence-electron chi connectivity index (χ3n) is 3.41. The van der Waals surface area contributed by atoms with Gasteiger partial charge < -0.3 is 16.4 Å². The van der Waals surface area contributed by atoms with E-state index in [0.717, 1.165) is 0 Å². The molecule has 1 saturated heterocycles. The first-order valence-electron chi connectivity index (χ1n) is 6.70. The Morgan fingerprint density at radius 2 is 2.14 bits per heavy atom. The standard InChI is InChI=1S/C14H15Cl2N3O3/c15-8-2-1-7(9(16)6-8)5-11(13(17)21)19-14(22)10-3-4-12(20)18-10/h1-2,6,10-11H,3-5H2,(H2,17,21)(H,18,20)(H,19,22)/t10-,11+/m1/s1. The molecule has 22 heavy (non-hydrogen) atoms. The summed E-state index contributed by atoms with van der Waals surface area (Å²) in [5, 5.41) is 5.95. The lowest BCUT2D eigenvalue weighted by atomic mass is 10.0. The molecule has 1 aromatic carbocycles. The molecule has 2 atom stereocenters. The number of nitrogens with one attached hydrogen (secondary N) is 2. The van der Waals surface area contributed by atoms with E-state index in [9.17, 15) is 14.4 Å². The van der Waals surface area contributed by atoms with Crippen molar-refractivity contribution in [1.29, 1.82) is 0 Å². The lowest BCUT2D eigenvalue weighted by molar-refractivity contribution is -0.129. The highest BCUT2D eigenvalue weighted by atomic mass is 35.5. The van der Waals surface area contributed by atoms with Crippen molar-refractivity contribution in [3.8, 4) is 0 Å². The number of carbonyl (C=O) groups excluding carboxylic acids is 3. The number of hydrogen-bond donors (Lipinski definition) is 3. The summed E-state index contributed by atoms with van der Waals surface area (Å²) in [5.41, 5.74) is 5.97. The van der Waals surface area contributed by atoms with Crippen LogP contribution in [-0.4, -0.2) is 29.8 Å². The van der Waals surface area contributed by atoms with E-state index in [4.69, 9.17) is 28.9 Å². The van der Waals surface area contributed by atoms with Crippen molar-refractivity contribution >= 4 is 40.9 Å². The van der Waals surface area contributed by atoms with Gasteiger partial charge in [-0.05, 0) is 24.1 Å². The molecule has 0 aliphatic carbocycles. The Morgan fingerprint density at radius 1 is 1.41 bits per heavy atom. The molecule has 0 bridgehead atoms. The predicted octanol–water partition coefficient (Wildman–Crippen LogP) is 0.785. The molecule has 0 unspecified atom stereocenters. The summed E-state index contributed by atoms with van der Waals surface area (Å²) in [6.07, 6.45) is 0.845. The summed E-state index contributed by atoms with van der Waals surface area (Å²) in [6.45, 7) is 0. The van der Waals surface area contributed by atoms with Crippen LogP contribution in [0.15, 0.2) is 18.2 Å². The van der Waals surface area contributed by atoms with E-state index in [0.29, 0.717) is 28.5 Å². The Bertz CT molecular complexity index is 621. The Morgan fingerprint density at radius 3 is 2.68 bits per heavy atom. The minimum Gasteiger partial charge on any atom is -0.368 e. The van der Waals surface area contributed by atoms with E-state index < -0.39 is 23.9 Å². The van der Waals surface area contributed by atoms with Crippen molar-refractivity contribution in [1.82, 2.24) is 10.6 Å². The van der Waals surface area contributed by atoms with Gasteiger partial charge in [0.25, 0.3) is 0 Å². The van der Waals surface area contributed by atoms with Gasteiger partial charge in [0.1, 0.15) is 12.1 Å². The molecule has 8 heteroatoms. The van der Waals surface area contributed by atoms with Gasteiger partial charge >= 0.3 is 0 Å². The topological polar surface area (TPSA) is 101 Å². The first-order chi connectivity index (χ1) is 10.4. The molecule has 1 aliphatic heterocycles. The average Bonchev–Trinajstić information content (AvgIpc) is 2.87. The van der Waals surface area contributed by atoms with Gasteiger partial charge in [-0.1, -0.05) is 29.3 Å². The average molecular weight is 344 g/mol. The van der Waals surface area contributed by atoms with E-state index in [1.54, 1.807) is 18.2 Å². The number of rotatable bonds is 5. The maximum atomic E-state index is 12.0. The highest BCUT2D eigenvalue weighted by molar-refractivity contribution is 6.35. The van der Waals surface area contributed by atoms with E-state index in [1.165, 1.54) is 0 Å². The molecule has 118 valence electrons. The van der Waals surface area contributed by atoms with Crippen LogP contribution in [0.3, 0.4) is 0 Å². The molecule has 0 spiro atoms. The van der Waals surface area contributed by atoms with Crippen LogP contribution in [0.4, 0.5) is 0 Å². The van der Waals surface area contributed by atoms with Crippen molar-refractivity contribution in [3.63, 3.8) is 0 Å². The van der Waals surface area contributed by atoms with Crippen LogP contribution in [0, 0.1) is 0 Å². The second kappa shape index (κ2) is 6.98. The van der Waals surface area contributed by atoms with Crippen molar-refractivity contribution in [2.75, 3.05) is 0 Å². The molecule has 3 amide bonds. The number of primary amides is 1. The minimum atomic E-state index is -0.913. The van der Waals surface area contributed by atoms with Crippen LogP contribution in [0.1, 0.15) is 18.4 Å². The number of amides is 3. The largest absolute Gasteiger partial charge is 0.368 e. The molecular formula is C14H15Cl2N3O3. The Balaban J connectivity index is 2.05. The van der Waals surface area contributed by atoms with Gasteiger partial charge in [-0.15, -0.1) is 0 Å². The predicted molar refractivity (Wildman–Crippen MR) is 82.5 cm³/mol. The summed E-state index contributed by atoms with van der Waals surface area (Å²) >= 11 is 11.9. The zero-order chi connectivity index (χ0) is 16.3. The Hall–Kier alpha value is -1.79. The normalized spacial score (nSPS) is 18.6. The monoisotopic (exact) mass is 343 g/mol. The van der Waals surface area contributed by atoms with Gasteiger partial charge in [0.05, 0.1) is 0 Å². The zero-order valence-corrected chi connectivity index (χ0v) is 13.1. The molecule has 0 aromatic heterocycles. The summed E-state index contributed by atoms with van der Waals surface area (Å²) < 4.78 is 0. The summed E-state index contributed by atoms with van der Waals surface area (Å²) in [4.78, 5) is 34.7. The molecule has 0 radical (unpaired) electrons. The number of halogens is 2. The van der Waals surface area contributed by atoms with Crippen LogP contribution >= 0.6 is 23.2 Å². The molecule has 0 saturated carbocycles. The lowest BCUT2D eigenvalue weighted by Gasteiger charge is -2.19. The number of carbonyl (C=O) groups is 3. The van der Waals surface area contributed by atoms with E-state index in [-0.39, 0.29) is 12.3 Å². The summed E-state index contributed by atoms with van der Waals surface area (Å²) in [6, 6.07) is 3.32. The van der Waals surface area contributed by atoms with Crippen LogP contribution in [0.25, 0.3) is 0 Å². The second-order valence-corrected chi connectivity index (χ2v) is 5.91. The van der Waals surface area contributed by atoms with E-state index >= 15 is 0 Å². The third-order valence-corrected chi connectivity index (χ3v) is 4.00. The van der Waals surface area contributed by atoms with Crippen LogP contribution in [-0.2, 0) is 20.8 Å². The highest BCUT2D eigenvalue weighted by Crippen LogP contribution is 2.22. The van der Waals surface area contributed by atoms with Crippen LogP contribution < -0.4 is 16.4 Å². The Kier molecular flexibility index (Phi) is 5.26. The molecule has 2 rings (SSSR count). The van der Waals surface area contributed by atoms with Crippen LogP contribution in [0.2, 0.25) is 10.0 Å². The summed E-state index contributed by atoms with van der Waals surface area (Å²) in [5.74, 6) is -1.29. The summed E-state index contributed by atoms with van der Waals surface area (Å²) in [7, 11) is 0. The molecule has 1 fully saturated rings. The fourth-order valence-corrected chi connectivity index (χ4v) is 2.70. The quantitative estimate of drug-likeness (QED) is 0.736. The van der Waals surface area contributed by atoms with Gasteiger partial charge in [0, 0.05) is 22.9 Å². The zero-order valence-electron chi connectivity index (χ0n) is 11.6. The first-order valence-corrected chi connectivity index (χ1v) is 7.45. The fourth-order valence-electron chi connectivity index (χ4n) is 2.21. The third kappa shape index (κ3) is 4.11. The van der Waals surface area contributed by atoms with Gasteiger partial charge in [-0.2, -0.15) is 0 Å². The van der Waals surface area contributed by atoms with Crippen molar-refractivity contribution in [3.05, 3.63) is 33.8 Å². The molecule has 1 aromatic rings. The van der Waals surface area contributed by atoms with Crippen molar-refractivity contribution in [2.45, 2.75) is 31.3 Å². The molecule has 6 nitrogen and oxygen atoms in total. The SMILES string of the molecule is NC(=O)[C@H](Cc1ccc(Cl)cc1Cl)NC(=O)[C@H]1CCC(=O)N1. The number of nitrogens with two attached hydrogens (primary N) is 1. The van der Waals surface area contributed by atoms with E-state index in [2.05, 4.69) is 10.6 Å². The second-order valence-electron chi connectivity index (χ2n) is 5.06. The van der Waals surface area contributed by atoms with Gasteiger partial charge in [0.2, 0.25) is 17.7 Å². The smallest absolute Gasteiger partial charge is 0.243 e. The molecule has 4 N–H and O–H groups in total. The van der Waals surface area contributed by atoms with Gasteiger partial charge in [-0.25, -0.2) is 0 Å². The molecule has 1 aliphatic rings. The van der Waals surface area contributed by atoms with Gasteiger partial charge in [0.15, 0.2) is 0 Å². The maximum absolute atomic E-state index is 12.0. The van der Waals surface area contributed by atoms with E-state index in [1.807, 2.05) is 0 Å². The Labute approximate surface area is 137 Å². The first kappa shape index (κ1) is 16.6. The highest BCUT2D eigenvalue weighted by Gasteiger charge is 2.30. The maximum Gasteiger partial charge on any atom is 0.243 e. The number of hydrogen-bond acceptors (Lipinski definition) is 3. The molecular weight excluding hydrogens is 329 g/mol. The van der Waals surface area contributed by atoms with Crippen LogP contribution in [0.5, 0.6) is 0 Å². The molecule has 1 heterocycles. The lowest BCUT2D eigenvalue weighted by Crippen LogP contribution is -2.51. The number of benzene rings is 1. The van der Waals surface area contributed by atoms with Crippen molar-refractivity contribution in [2.24, 2.45) is 5.73 Å². The minimum absolute atomic E-state index is 0.151.